The zero-order chi connectivity index (χ0) is 29.4. The predicted molar refractivity (Wildman–Crippen MR) is 137 cm³/mol. The third-order valence-corrected chi connectivity index (χ3v) is 6.97. The molecule has 40 heavy (non-hydrogen) atoms. The topological polar surface area (TPSA) is 254 Å². The first-order valence-electron chi connectivity index (χ1n) is 10.2. The number of azo groups is 1. The quantitative estimate of drug-likeness (QED) is 0.206. The molecular formula is C19H12Cl2N8O9S2. The first-order valence-corrected chi connectivity index (χ1v) is 13.9. The Labute approximate surface area is 233 Å². The van der Waals surface area contributed by atoms with Crippen LogP contribution < -0.4 is 10.3 Å². The second kappa shape index (κ2) is 10.8. The monoisotopic (exact) mass is 630 g/mol. The molecule has 0 radical (unpaired) electrons. The van der Waals surface area contributed by atoms with Crippen molar-refractivity contribution < 1.29 is 40.6 Å². The highest BCUT2D eigenvalue weighted by Gasteiger charge is 2.41. The van der Waals surface area contributed by atoms with Crippen molar-refractivity contribution in [3.05, 3.63) is 53.0 Å². The van der Waals surface area contributed by atoms with Gasteiger partial charge in [-0.1, -0.05) is 0 Å². The Hall–Kier alpha value is -4.14. The number of halogens is 2. The van der Waals surface area contributed by atoms with Crippen LogP contribution in [-0.2, 0) is 29.8 Å². The molecule has 0 saturated heterocycles. The predicted octanol–water partition coefficient (Wildman–Crippen LogP) is 2.36. The number of aromatic nitrogens is 3. The molecule has 3 aromatic rings. The largest absolute Gasteiger partial charge is 0.477 e. The Morgan fingerprint density at radius 3 is 2.12 bits per heavy atom. The van der Waals surface area contributed by atoms with Gasteiger partial charge in [0.1, 0.15) is 10.6 Å². The van der Waals surface area contributed by atoms with Crippen molar-refractivity contribution in [1.29, 1.82) is 0 Å². The molecule has 1 amide bonds. The fraction of sp³-hybridized carbons (Fsp3) is 0.0526. The van der Waals surface area contributed by atoms with Gasteiger partial charge in [0, 0.05) is 5.69 Å². The smallest absolute Gasteiger partial charge is 0.355 e. The summed E-state index contributed by atoms with van der Waals surface area (Å²) in [6.07, 6.45) is 0. The summed E-state index contributed by atoms with van der Waals surface area (Å²) in [7, 11) is -9.41. The summed E-state index contributed by atoms with van der Waals surface area (Å²) >= 11 is 11.5. The number of hydrogen-bond donors (Lipinski definition) is 4. The van der Waals surface area contributed by atoms with Crippen molar-refractivity contribution in [2.75, 3.05) is 10.3 Å². The van der Waals surface area contributed by atoms with Gasteiger partial charge in [0.2, 0.25) is 22.6 Å². The molecule has 4 rings (SSSR count). The van der Waals surface area contributed by atoms with Crippen molar-refractivity contribution in [2.24, 2.45) is 15.3 Å². The molecule has 0 spiro atoms. The molecule has 2 heterocycles. The highest BCUT2D eigenvalue weighted by molar-refractivity contribution is 7.86. The number of nitrogens with zero attached hydrogens (tertiary/aromatic N) is 7. The van der Waals surface area contributed by atoms with E-state index in [2.05, 4.69) is 35.6 Å². The number of carboxylic acid groups (broad SMARTS) is 1. The van der Waals surface area contributed by atoms with Gasteiger partial charge in [-0.25, -0.2) is 4.79 Å². The molecule has 0 saturated carbocycles. The van der Waals surface area contributed by atoms with E-state index < -0.39 is 59.3 Å². The van der Waals surface area contributed by atoms with Gasteiger partial charge >= 0.3 is 5.97 Å². The summed E-state index contributed by atoms with van der Waals surface area (Å²) in [4.78, 5) is 34.6. The molecular weight excluding hydrogens is 619 g/mol. The molecule has 21 heteroatoms. The number of carbonyl (C=O) groups is 2. The van der Waals surface area contributed by atoms with Gasteiger partial charge in [0.25, 0.3) is 26.1 Å². The Kier molecular flexibility index (Phi) is 7.78. The summed E-state index contributed by atoms with van der Waals surface area (Å²) in [6, 6.07) is 5.37. The van der Waals surface area contributed by atoms with Crippen LogP contribution in [0.25, 0.3) is 0 Å². The van der Waals surface area contributed by atoms with Crippen LogP contribution >= 0.6 is 23.2 Å². The molecule has 0 unspecified atom stereocenters. The number of rotatable bonds is 8. The van der Waals surface area contributed by atoms with Gasteiger partial charge in [-0.3, -0.25) is 13.9 Å². The standard InChI is InChI=1S/C19H12Cl2N8O9S2/c20-17-23-18(21)25-19(24-17)22-8-1-6-12(40(36,37)38)11(7-8)26-27-13-14(16(31)32)28-29(15(13)30)9-2-4-10(5-3-9)39(33,34)35/h1-7,13H,(H,31,32)(H,33,34,35)(H,36,37,38)(H,22,23,24,25)/t13-/m1/s1. The zero-order valence-corrected chi connectivity index (χ0v) is 22.3. The number of nitrogens with one attached hydrogen (secondary N) is 1. The minimum atomic E-state index is -4.87. The SMILES string of the molecule is O=C(O)C1=NN(c2ccc(S(=O)(=O)O)cc2)C(=O)[C@@H]1N=Nc1cc(Nc2nc(Cl)nc(Cl)n2)ccc1S(=O)(=O)O. The first kappa shape index (κ1) is 28.9. The molecule has 0 aliphatic carbocycles. The van der Waals surface area contributed by atoms with Crippen LogP contribution in [0.3, 0.4) is 0 Å². The average molecular weight is 631 g/mol. The molecule has 1 aliphatic rings. The molecule has 0 fully saturated rings. The van der Waals surface area contributed by atoms with Crippen molar-refractivity contribution in [1.82, 2.24) is 15.0 Å². The Morgan fingerprint density at radius 1 is 0.950 bits per heavy atom. The molecule has 1 aliphatic heterocycles. The van der Waals surface area contributed by atoms with E-state index in [4.69, 9.17) is 27.8 Å². The van der Waals surface area contributed by atoms with E-state index in [1.54, 1.807) is 0 Å². The zero-order valence-electron chi connectivity index (χ0n) is 19.1. The number of hydrazone groups is 1. The van der Waals surface area contributed by atoms with E-state index in [9.17, 15) is 36.1 Å². The minimum Gasteiger partial charge on any atom is -0.477 e. The van der Waals surface area contributed by atoms with E-state index in [1.165, 1.54) is 6.07 Å². The third kappa shape index (κ3) is 6.35. The van der Waals surface area contributed by atoms with Gasteiger partial charge in [-0.2, -0.15) is 52.1 Å². The summed E-state index contributed by atoms with van der Waals surface area (Å²) in [6.45, 7) is 0. The van der Waals surface area contributed by atoms with E-state index in [0.29, 0.717) is 5.01 Å². The lowest BCUT2D eigenvalue weighted by molar-refractivity contribution is -0.130. The van der Waals surface area contributed by atoms with Crippen molar-refractivity contribution in [3.8, 4) is 0 Å². The van der Waals surface area contributed by atoms with Crippen LogP contribution in [0.5, 0.6) is 0 Å². The molecule has 2 aromatic carbocycles. The maximum Gasteiger partial charge on any atom is 0.355 e. The highest BCUT2D eigenvalue weighted by atomic mass is 35.5. The van der Waals surface area contributed by atoms with Crippen molar-refractivity contribution >= 4 is 84.0 Å². The molecule has 0 bridgehead atoms. The Bertz CT molecular complexity index is 1800. The van der Waals surface area contributed by atoms with E-state index in [0.717, 1.165) is 36.4 Å². The summed E-state index contributed by atoms with van der Waals surface area (Å²) < 4.78 is 65.0. The van der Waals surface area contributed by atoms with E-state index in [-0.39, 0.29) is 27.9 Å². The fourth-order valence-electron chi connectivity index (χ4n) is 3.17. The molecule has 1 atom stereocenters. The van der Waals surface area contributed by atoms with Gasteiger partial charge in [-0.15, -0.1) is 0 Å². The number of aliphatic carboxylic acids is 1. The molecule has 208 valence electrons. The second-order valence-corrected chi connectivity index (χ2v) is 11.0. The number of anilines is 3. The third-order valence-electron chi connectivity index (χ3n) is 4.86. The molecule has 1 aromatic heterocycles. The van der Waals surface area contributed by atoms with E-state index >= 15 is 0 Å². The minimum absolute atomic E-state index is 0.0756. The van der Waals surface area contributed by atoms with Crippen LogP contribution in [0.4, 0.5) is 23.0 Å². The van der Waals surface area contributed by atoms with Crippen molar-refractivity contribution in [3.63, 3.8) is 0 Å². The number of hydrogen-bond acceptors (Lipinski definition) is 13. The second-order valence-electron chi connectivity index (χ2n) is 7.51. The van der Waals surface area contributed by atoms with E-state index in [1.807, 2.05) is 0 Å². The first-order chi connectivity index (χ1) is 18.6. The average Bonchev–Trinajstić information content (AvgIpc) is 3.17. The molecule has 4 N–H and O–H groups in total. The summed E-state index contributed by atoms with van der Waals surface area (Å²) in [5.41, 5.74) is -1.31. The maximum absolute atomic E-state index is 13.0. The van der Waals surface area contributed by atoms with Crippen LogP contribution in [0.15, 0.2) is 67.6 Å². The maximum atomic E-state index is 13.0. The number of carboxylic acids is 1. The van der Waals surface area contributed by atoms with Crippen LogP contribution in [0.1, 0.15) is 0 Å². The van der Waals surface area contributed by atoms with Gasteiger partial charge in [0.15, 0.2) is 5.71 Å². The van der Waals surface area contributed by atoms with Gasteiger partial charge in [0.05, 0.1) is 10.6 Å². The Morgan fingerprint density at radius 2 is 1.57 bits per heavy atom. The highest BCUT2D eigenvalue weighted by Crippen LogP contribution is 2.31. The van der Waals surface area contributed by atoms with Crippen LogP contribution in [0.2, 0.25) is 10.6 Å². The van der Waals surface area contributed by atoms with Crippen molar-refractivity contribution in [2.45, 2.75) is 15.8 Å². The Balaban J connectivity index is 1.69. The fourth-order valence-corrected chi connectivity index (χ4v) is 4.62. The van der Waals surface area contributed by atoms with Gasteiger partial charge in [-0.05, 0) is 65.7 Å². The number of carbonyl (C=O) groups excluding carboxylic acids is 1. The summed E-state index contributed by atoms with van der Waals surface area (Å²) in [5.74, 6) is -2.85. The summed E-state index contributed by atoms with van der Waals surface area (Å²) in [5, 5.41) is 23.3. The normalized spacial score (nSPS) is 15.9. The number of benzene rings is 2. The lowest BCUT2D eigenvalue weighted by Gasteiger charge is -2.12. The van der Waals surface area contributed by atoms with Crippen LogP contribution in [-0.4, -0.2) is 69.6 Å². The van der Waals surface area contributed by atoms with Gasteiger partial charge < -0.3 is 10.4 Å². The molecule has 17 nitrogen and oxygen atoms in total. The van der Waals surface area contributed by atoms with Crippen LogP contribution in [0, 0.1) is 0 Å². The number of amides is 1. The lowest BCUT2D eigenvalue weighted by atomic mass is 10.2. The lowest BCUT2D eigenvalue weighted by Crippen LogP contribution is -2.33.